The Morgan fingerprint density at radius 3 is 2.58 bits per heavy atom. The Morgan fingerprint density at radius 1 is 1.17 bits per heavy atom. The molecule has 0 saturated heterocycles. The first-order valence-electron chi connectivity index (χ1n) is 10.6. The SMILES string of the molecule is CCOc1cc(/C=C2\N=C(c3ccc([N+](=O)[O-])cc3Cl)OC2=O)cc(I)c1OCc1ccc(Br)cc1. The number of benzene rings is 3. The van der Waals surface area contributed by atoms with Crippen LogP contribution in [0.2, 0.25) is 5.02 Å². The van der Waals surface area contributed by atoms with E-state index in [1.807, 2.05) is 37.3 Å². The highest BCUT2D eigenvalue weighted by molar-refractivity contribution is 14.1. The average Bonchev–Trinajstić information content (AvgIpc) is 3.19. The van der Waals surface area contributed by atoms with Crippen LogP contribution in [0.5, 0.6) is 11.5 Å². The number of carbonyl (C=O) groups is 1. The van der Waals surface area contributed by atoms with Crippen LogP contribution in [0.3, 0.4) is 0 Å². The zero-order valence-electron chi connectivity index (χ0n) is 18.7. The molecule has 0 aromatic heterocycles. The maximum atomic E-state index is 12.5. The number of aliphatic imine (C=N–C) groups is 1. The van der Waals surface area contributed by atoms with Crippen molar-refractivity contribution in [2.75, 3.05) is 6.61 Å². The van der Waals surface area contributed by atoms with E-state index in [1.165, 1.54) is 18.2 Å². The number of non-ortho nitro benzene ring substituents is 1. The van der Waals surface area contributed by atoms with Gasteiger partial charge in [-0.25, -0.2) is 9.79 Å². The molecule has 0 atom stereocenters. The van der Waals surface area contributed by atoms with Crippen molar-refractivity contribution in [2.45, 2.75) is 13.5 Å². The van der Waals surface area contributed by atoms with E-state index in [4.69, 9.17) is 25.8 Å². The molecule has 3 aromatic rings. The van der Waals surface area contributed by atoms with Crippen LogP contribution in [0.4, 0.5) is 5.69 Å². The Kier molecular flexibility index (Phi) is 8.27. The normalized spacial score (nSPS) is 13.9. The highest BCUT2D eigenvalue weighted by atomic mass is 127. The molecule has 1 aliphatic rings. The molecule has 0 unspecified atom stereocenters. The summed E-state index contributed by atoms with van der Waals surface area (Å²) in [6, 6.07) is 15.3. The molecule has 0 N–H and O–H groups in total. The fourth-order valence-corrected chi connectivity index (χ4v) is 4.58. The van der Waals surface area contributed by atoms with E-state index in [0.717, 1.165) is 13.6 Å². The second-order valence-electron chi connectivity index (χ2n) is 7.44. The zero-order valence-corrected chi connectivity index (χ0v) is 23.2. The lowest BCUT2D eigenvalue weighted by Gasteiger charge is -2.15. The molecule has 0 radical (unpaired) electrons. The number of cyclic esters (lactones) is 1. The smallest absolute Gasteiger partial charge is 0.363 e. The van der Waals surface area contributed by atoms with Gasteiger partial charge in [-0.3, -0.25) is 10.1 Å². The molecule has 3 aromatic carbocycles. The summed E-state index contributed by atoms with van der Waals surface area (Å²) in [4.78, 5) is 27.1. The maximum Gasteiger partial charge on any atom is 0.363 e. The molecular weight excluding hydrogens is 667 g/mol. The molecule has 0 aliphatic carbocycles. The van der Waals surface area contributed by atoms with Gasteiger partial charge in [-0.2, -0.15) is 0 Å². The van der Waals surface area contributed by atoms with Gasteiger partial charge < -0.3 is 14.2 Å². The highest BCUT2D eigenvalue weighted by Crippen LogP contribution is 2.36. The van der Waals surface area contributed by atoms with Crippen LogP contribution >= 0.6 is 50.1 Å². The summed E-state index contributed by atoms with van der Waals surface area (Å²) in [5.41, 5.74) is 1.82. The number of nitro groups is 1. The van der Waals surface area contributed by atoms with Gasteiger partial charge in [-0.15, -0.1) is 0 Å². The molecular formula is C25H17BrClIN2O6. The number of hydrogen-bond acceptors (Lipinski definition) is 7. The molecule has 0 bridgehead atoms. The number of hydrogen-bond donors (Lipinski definition) is 0. The molecule has 4 rings (SSSR count). The van der Waals surface area contributed by atoms with Gasteiger partial charge in [-0.05, 0) is 77.0 Å². The minimum Gasteiger partial charge on any atom is -0.490 e. The fourth-order valence-electron chi connectivity index (χ4n) is 3.28. The molecule has 1 aliphatic heterocycles. The van der Waals surface area contributed by atoms with Crippen molar-refractivity contribution in [3.63, 3.8) is 0 Å². The van der Waals surface area contributed by atoms with Crippen LogP contribution < -0.4 is 9.47 Å². The summed E-state index contributed by atoms with van der Waals surface area (Å²) >= 11 is 11.7. The standard InChI is InChI=1S/C25H17BrClIN2O6/c1-2-34-22-11-15(9-20(28)23(22)35-13-14-3-5-16(26)6-4-14)10-21-25(31)36-24(29-21)18-8-7-17(30(32)33)12-19(18)27/h3-12H,2,13H2,1H3/b21-10-. The predicted molar refractivity (Wildman–Crippen MR) is 148 cm³/mol. The molecule has 1 heterocycles. The second-order valence-corrected chi connectivity index (χ2v) is 9.92. The van der Waals surface area contributed by atoms with E-state index < -0.39 is 10.9 Å². The number of nitro benzene ring substituents is 1. The zero-order chi connectivity index (χ0) is 25.8. The number of rotatable bonds is 8. The third kappa shape index (κ3) is 6.05. The molecule has 184 valence electrons. The van der Waals surface area contributed by atoms with Gasteiger partial charge >= 0.3 is 5.97 Å². The van der Waals surface area contributed by atoms with Crippen LogP contribution in [0.1, 0.15) is 23.6 Å². The summed E-state index contributed by atoms with van der Waals surface area (Å²) in [6.07, 6.45) is 1.57. The monoisotopic (exact) mass is 682 g/mol. The molecule has 11 heteroatoms. The van der Waals surface area contributed by atoms with Gasteiger partial charge in [0.05, 0.1) is 25.7 Å². The quantitative estimate of drug-likeness (QED) is 0.0839. The van der Waals surface area contributed by atoms with Crippen LogP contribution in [0.15, 0.2) is 69.8 Å². The third-order valence-electron chi connectivity index (χ3n) is 4.95. The van der Waals surface area contributed by atoms with Crippen molar-refractivity contribution in [1.82, 2.24) is 0 Å². The van der Waals surface area contributed by atoms with E-state index in [0.29, 0.717) is 30.3 Å². The molecule has 0 saturated carbocycles. The maximum absolute atomic E-state index is 12.5. The topological polar surface area (TPSA) is 100 Å². The van der Waals surface area contributed by atoms with E-state index in [-0.39, 0.29) is 27.9 Å². The van der Waals surface area contributed by atoms with Crippen molar-refractivity contribution < 1.29 is 23.9 Å². The van der Waals surface area contributed by atoms with Gasteiger partial charge in [0.1, 0.15) is 6.61 Å². The molecule has 36 heavy (non-hydrogen) atoms. The van der Waals surface area contributed by atoms with Crippen LogP contribution in [-0.2, 0) is 16.1 Å². The van der Waals surface area contributed by atoms with Crippen molar-refractivity contribution in [3.8, 4) is 11.5 Å². The number of ether oxygens (including phenoxy) is 3. The summed E-state index contributed by atoms with van der Waals surface area (Å²) in [6.45, 7) is 2.66. The highest BCUT2D eigenvalue weighted by Gasteiger charge is 2.27. The van der Waals surface area contributed by atoms with Crippen LogP contribution in [0.25, 0.3) is 6.08 Å². The first kappa shape index (κ1) is 26.1. The lowest BCUT2D eigenvalue weighted by atomic mass is 10.1. The number of esters is 1. The summed E-state index contributed by atoms with van der Waals surface area (Å²) < 4.78 is 18.9. The largest absolute Gasteiger partial charge is 0.490 e. The molecule has 0 amide bonds. The Balaban J connectivity index is 1.61. The van der Waals surface area contributed by atoms with Gasteiger partial charge in [0.25, 0.3) is 5.69 Å². The Hall–Kier alpha value is -2.96. The summed E-state index contributed by atoms with van der Waals surface area (Å²) in [5.74, 6) is 0.434. The summed E-state index contributed by atoms with van der Waals surface area (Å²) in [5, 5.41) is 11.0. The van der Waals surface area contributed by atoms with Crippen molar-refractivity contribution in [1.29, 1.82) is 0 Å². The second kappa shape index (κ2) is 11.4. The van der Waals surface area contributed by atoms with Crippen LogP contribution in [0, 0.1) is 13.7 Å². The number of halogens is 3. The first-order chi connectivity index (χ1) is 17.2. The van der Waals surface area contributed by atoms with Gasteiger partial charge in [0.15, 0.2) is 17.2 Å². The average molecular weight is 684 g/mol. The van der Waals surface area contributed by atoms with Crippen molar-refractivity contribution >= 4 is 73.8 Å². The minimum absolute atomic E-state index is 0.0275. The van der Waals surface area contributed by atoms with Gasteiger partial charge in [0, 0.05) is 16.6 Å². The van der Waals surface area contributed by atoms with Crippen molar-refractivity contribution in [3.05, 3.63) is 100 Å². The first-order valence-corrected chi connectivity index (χ1v) is 12.8. The lowest BCUT2D eigenvalue weighted by Crippen LogP contribution is -2.06. The van der Waals surface area contributed by atoms with Crippen molar-refractivity contribution in [2.24, 2.45) is 4.99 Å². The molecule has 8 nitrogen and oxygen atoms in total. The lowest BCUT2D eigenvalue weighted by molar-refractivity contribution is -0.384. The van der Waals surface area contributed by atoms with Crippen LogP contribution in [-0.4, -0.2) is 23.4 Å². The van der Waals surface area contributed by atoms with E-state index >= 15 is 0 Å². The van der Waals surface area contributed by atoms with Gasteiger partial charge in [0.2, 0.25) is 5.90 Å². The van der Waals surface area contributed by atoms with Gasteiger partial charge in [-0.1, -0.05) is 39.7 Å². The predicted octanol–water partition coefficient (Wildman–Crippen LogP) is 6.94. The molecule has 0 fully saturated rings. The Labute approximate surface area is 233 Å². The van der Waals surface area contributed by atoms with E-state index in [9.17, 15) is 14.9 Å². The Bertz CT molecular complexity index is 1410. The number of carbonyl (C=O) groups excluding carboxylic acids is 1. The van der Waals surface area contributed by atoms with E-state index in [1.54, 1.807) is 12.1 Å². The Morgan fingerprint density at radius 2 is 1.92 bits per heavy atom. The minimum atomic E-state index is -0.664. The van der Waals surface area contributed by atoms with E-state index in [2.05, 4.69) is 43.5 Å². The number of nitrogens with zero attached hydrogens (tertiary/aromatic N) is 2. The fraction of sp³-hybridized carbons (Fsp3) is 0.120. The molecule has 0 spiro atoms. The third-order valence-corrected chi connectivity index (χ3v) is 6.59. The summed E-state index contributed by atoms with van der Waals surface area (Å²) in [7, 11) is 0.